The number of hydrogen-bond donors (Lipinski definition) is 0. The van der Waals surface area contributed by atoms with E-state index in [2.05, 4.69) is 33.0 Å². The number of benzene rings is 1. The summed E-state index contributed by atoms with van der Waals surface area (Å²) in [4.78, 5) is 18.5. The normalized spacial score (nSPS) is 20.0. The van der Waals surface area contributed by atoms with Crippen LogP contribution in [0.5, 0.6) is 0 Å². The van der Waals surface area contributed by atoms with Crippen molar-refractivity contribution >= 4 is 21.8 Å². The number of amides is 1. The molecule has 2 aromatic rings. The van der Waals surface area contributed by atoms with Gasteiger partial charge in [-0.3, -0.25) is 4.79 Å². The predicted octanol–water partition coefficient (Wildman–Crippen LogP) is 2.87. The molecule has 2 atom stereocenters. The molecule has 1 fully saturated rings. The van der Waals surface area contributed by atoms with E-state index in [0.717, 1.165) is 18.4 Å². The van der Waals surface area contributed by atoms with Crippen LogP contribution in [0.25, 0.3) is 0 Å². The Labute approximate surface area is 132 Å². The molecule has 2 heterocycles. The molecule has 0 N–H and O–H groups in total. The third-order valence-electron chi connectivity index (χ3n) is 3.96. The van der Waals surface area contributed by atoms with Gasteiger partial charge in [-0.15, -0.1) is 0 Å². The molecule has 3 rings (SSSR count). The summed E-state index contributed by atoms with van der Waals surface area (Å²) in [7, 11) is 0. The summed E-state index contributed by atoms with van der Waals surface area (Å²) in [6.07, 6.45) is 6.16. The predicted molar refractivity (Wildman–Crippen MR) is 85.0 cm³/mol. The Kier molecular flexibility index (Phi) is 4.39. The van der Waals surface area contributed by atoms with Gasteiger partial charge < -0.3 is 9.47 Å². The SMILES string of the molecule is O=C1CC(CBr)CN1C(Cn1ccnc1)c1ccccc1. The second kappa shape index (κ2) is 6.43. The maximum absolute atomic E-state index is 12.4. The number of carbonyl (C=O) groups is 1. The first-order valence-electron chi connectivity index (χ1n) is 7.14. The van der Waals surface area contributed by atoms with E-state index in [1.165, 1.54) is 5.56 Å². The molecule has 0 spiro atoms. The first-order valence-corrected chi connectivity index (χ1v) is 8.26. The van der Waals surface area contributed by atoms with E-state index in [1.54, 1.807) is 12.5 Å². The topological polar surface area (TPSA) is 38.1 Å². The van der Waals surface area contributed by atoms with Crippen LogP contribution in [0.1, 0.15) is 18.0 Å². The van der Waals surface area contributed by atoms with Crippen LogP contribution in [0, 0.1) is 5.92 Å². The molecule has 21 heavy (non-hydrogen) atoms. The zero-order chi connectivity index (χ0) is 14.7. The molecule has 110 valence electrons. The smallest absolute Gasteiger partial charge is 0.223 e. The average molecular weight is 348 g/mol. The van der Waals surface area contributed by atoms with Gasteiger partial charge in [0, 0.05) is 37.2 Å². The van der Waals surface area contributed by atoms with E-state index in [4.69, 9.17) is 0 Å². The third kappa shape index (κ3) is 3.18. The standard InChI is InChI=1S/C16H18BrN3O/c17-9-13-8-16(21)20(10-13)15(11-19-7-6-18-12-19)14-4-2-1-3-5-14/h1-7,12-13,15H,8-11H2. The van der Waals surface area contributed by atoms with Crippen LogP contribution in [-0.4, -0.2) is 32.2 Å². The maximum Gasteiger partial charge on any atom is 0.223 e. The van der Waals surface area contributed by atoms with E-state index in [0.29, 0.717) is 12.3 Å². The summed E-state index contributed by atoms with van der Waals surface area (Å²) in [5, 5.41) is 0.877. The lowest BCUT2D eigenvalue weighted by Crippen LogP contribution is -2.33. The van der Waals surface area contributed by atoms with Crippen molar-refractivity contribution in [2.75, 3.05) is 11.9 Å². The minimum absolute atomic E-state index is 0.0666. The molecule has 0 bridgehead atoms. The van der Waals surface area contributed by atoms with Crippen LogP contribution in [0.15, 0.2) is 49.1 Å². The van der Waals surface area contributed by atoms with E-state index in [1.807, 2.05) is 33.9 Å². The fraction of sp³-hybridized carbons (Fsp3) is 0.375. The number of rotatable bonds is 5. The van der Waals surface area contributed by atoms with Gasteiger partial charge in [0.1, 0.15) is 0 Å². The van der Waals surface area contributed by atoms with Gasteiger partial charge in [0.15, 0.2) is 0 Å². The van der Waals surface area contributed by atoms with Crippen molar-refractivity contribution in [2.24, 2.45) is 5.92 Å². The highest BCUT2D eigenvalue weighted by Crippen LogP contribution is 2.30. The quantitative estimate of drug-likeness (QED) is 0.780. The van der Waals surface area contributed by atoms with Crippen molar-refractivity contribution in [3.63, 3.8) is 0 Å². The highest BCUT2D eigenvalue weighted by molar-refractivity contribution is 9.09. The van der Waals surface area contributed by atoms with Gasteiger partial charge in [0.2, 0.25) is 5.91 Å². The third-order valence-corrected chi connectivity index (χ3v) is 4.88. The lowest BCUT2D eigenvalue weighted by Gasteiger charge is -2.29. The molecule has 1 aromatic carbocycles. The first-order chi connectivity index (χ1) is 10.3. The van der Waals surface area contributed by atoms with Crippen molar-refractivity contribution in [1.82, 2.24) is 14.5 Å². The number of alkyl halides is 1. The Balaban J connectivity index is 1.87. The molecular formula is C16H18BrN3O. The Bertz CT molecular complexity index is 585. The van der Waals surface area contributed by atoms with Crippen molar-refractivity contribution in [2.45, 2.75) is 19.0 Å². The molecular weight excluding hydrogens is 330 g/mol. The average Bonchev–Trinajstić information content (AvgIpc) is 3.15. The zero-order valence-corrected chi connectivity index (χ0v) is 13.3. The van der Waals surface area contributed by atoms with Crippen LogP contribution >= 0.6 is 15.9 Å². The largest absolute Gasteiger partial charge is 0.335 e. The van der Waals surface area contributed by atoms with Gasteiger partial charge >= 0.3 is 0 Å². The summed E-state index contributed by atoms with van der Waals surface area (Å²) in [5.41, 5.74) is 1.18. The van der Waals surface area contributed by atoms with Crippen molar-refractivity contribution in [1.29, 1.82) is 0 Å². The number of aromatic nitrogens is 2. The molecule has 1 amide bonds. The molecule has 1 aliphatic heterocycles. The first kappa shape index (κ1) is 14.3. The minimum Gasteiger partial charge on any atom is -0.335 e. The Hall–Kier alpha value is -1.62. The summed E-state index contributed by atoms with van der Waals surface area (Å²) >= 11 is 3.50. The number of hydrogen-bond acceptors (Lipinski definition) is 2. The number of carbonyl (C=O) groups excluding carboxylic acids is 1. The van der Waals surface area contributed by atoms with E-state index in [-0.39, 0.29) is 11.9 Å². The molecule has 1 saturated heterocycles. The Morgan fingerprint density at radius 3 is 2.76 bits per heavy atom. The summed E-state index contributed by atoms with van der Waals surface area (Å²) in [6.45, 7) is 1.56. The van der Waals surface area contributed by atoms with Crippen LogP contribution in [0.2, 0.25) is 0 Å². The molecule has 1 aromatic heterocycles. The summed E-state index contributed by atoms with van der Waals surface area (Å²) in [6, 6.07) is 10.3. The van der Waals surface area contributed by atoms with Crippen LogP contribution < -0.4 is 0 Å². The highest BCUT2D eigenvalue weighted by Gasteiger charge is 2.34. The van der Waals surface area contributed by atoms with E-state index in [9.17, 15) is 4.79 Å². The van der Waals surface area contributed by atoms with Crippen LogP contribution in [0.3, 0.4) is 0 Å². The Morgan fingerprint density at radius 1 is 1.33 bits per heavy atom. The molecule has 4 nitrogen and oxygen atoms in total. The van der Waals surface area contributed by atoms with Crippen molar-refractivity contribution in [3.8, 4) is 0 Å². The minimum atomic E-state index is 0.0666. The van der Waals surface area contributed by atoms with Crippen LogP contribution in [0.4, 0.5) is 0 Å². The molecule has 0 aliphatic carbocycles. The number of nitrogens with zero attached hydrogens (tertiary/aromatic N) is 3. The van der Waals surface area contributed by atoms with Crippen LogP contribution in [-0.2, 0) is 11.3 Å². The number of likely N-dealkylation sites (tertiary alicyclic amines) is 1. The van der Waals surface area contributed by atoms with Gasteiger partial charge in [-0.25, -0.2) is 4.98 Å². The van der Waals surface area contributed by atoms with E-state index >= 15 is 0 Å². The molecule has 1 aliphatic rings. The lowest BCUT2D eigenvalue weighted by atomic mass is 10.1. The molecule has 5 heteroatoms. The Morgan fingerprint density at radius 2 is 2.14 bits per heavy atom. The molecule has 2 unspecified atom stereocenters. The van der Waals surface area contributed by atoms with Gasteiger partial charge in [0.05, 0.1) is 12.4 Å². The highest BCUT2D eigenvalue weighted by atomic mass is 79.9. The van der Waals surface area contributed by atoms with Gasteiger partial charge in [-0.2, -0.15) is 0 Å². The molecule has 0 saturated carbocycles. The van der Waals surface area contributed by atoms with Gasteiger partial charge in [-0.05, 0) is 11.5 Å². The molecule has 0 radical (unpaired) electrons. The zero-order valence-electron chi connectivity index (χ0n) is 11.7. The summed E-state index contributed by atoms with van der Waals surface area (Å²) in [5.74, 6) is 0.653. The summed E-state index contributed by atoms with van der Waals surface area (Å²) < 4.78 is 2.03. The van der Waals surface area contributed by atoms with Gasteiger partial charge in [-0.1, -0.05) is 46.3 Å². The van der Waals surface area contributed by atoms with Crippen molar-refractivity contribution in [3.05, 3.63) is 54.6 Å². The van der Waals surface area contributed by atoms with E-state index < -0.39 is 0 Å². The number of imidazole rings is 1. The fourth-order valence-electron chi connectivity index (χ4n) is 2.87. The lowest BCUT2D eigenvalue weighted by molar-refractivity contribution is -0.130. The fourth-order valence-corrected chi connectivity index (χ4v) is 3.30. The maximum atomic E-state index is 12.4. The second-order valence-electron chi connectivity index (χ2n) is 5.46. The monoisotopic (exact) mass is 347 g/mol. The number of halogens is 1. The van der Waals surface area contributed by atoms with Crippen molar-refractivity contribution < 1.29 is 4.79 Å². The second-order valence-corrected chi connectivity index (χ2v) is 6.10. The van der Waals surface area contributed by atoms with Gasteiger partial charge in [0.25, 0.3) is 0 Å².